The van der Waals surface area contributed by atoms with E-state index >= 15 is 0 Å². The molecule has 0 aromatic carbocycles. The standard InChI is InChI=1S/C8H18N2O2/c1-6(2)4-7(9)5-10(3)8(11)12/h6-7H,4-5,9H2,1-3H3,(H,11,12)/t7-/m1/s1. The van der Waals surface area contributed by atoms with Gasteiger partial charge >= 0.3 is 6.09 Å². The van der Waals surface area contributed by atoms with Crippen LogP contribution in [0, 0.1) is 5.92 Å². The summed E-state index contributed by atoms with van der Waals surface area (Å²) in [6, 6.07) is -0.0499. The van der Waals surface area contributed by atoms with Crippen molar-refractivity contribution in [1.82, 2.24) is 4.90 Å². The van der Waals surface area contributed by atoms with E-state index in [-0.39, 0.29) is 6.04 Å². The highest BCUT2D eigenvalue weighted by Crippen LogP contribution is 2.03. The number of amides is 1. The number of carboxylic acid groups (broad SMARTS) is 1. The zero-order valence-electron chi connectivity index (χ0n) is 7.95. The third-order valence-corrected chi connectivity index (χ3v) is 1.61. The van der Waals surface area contributed by atoms with Crippen LogP contribution in [0.25, 0.3) is 0 Å². The van der Waals surface area contributed by atoms with Crippen LogP contribution in [0.15, 0.2) is 0 Å². The molecule has 0 aliphatic carbocycles. The molecule has 0 rings (SSSR count). The van der Waals surface area contributed by atoms with Crippen molar-refractivity contribution in [1.29, 1.82) is 0 Å². The van der Waals surface area contributed by atoms with Crippen molar-refractivity contribution in [2.75, 3.05) is 13.6 Å². The minimum atomic E-state index is -0.922. The maximum absolute atomic E-state index is 10.4. The lowest BCUT2D eigenvalue weighted by Crippen LogP contribution is -2.38. The first kappa shape index (κ1) is 11.2. The largest absolute Gasteiger partial charge is 0.465 e. The molecule has 0 bridgehead atoms. The predicted octanol–water partition coefficient (Wildman–Crippen LogP) is 0.970. The lowest BCUT2D eigenvalue weighted by atomic mass is 10.0. The predicted molar refractivity (Wildman–Crippen MR) is 48.1 cm³/mol. The molecule has 1 atom stereocenters. The maximum atomic E-state index is 10.4. The average Bonchev–Trinajstić information content (AvgIpc) is 1.84. The van der Waals surface area contributed by atoms with Crippen LogP contribution in [0.1, 0.15) is 20.3 Å². The number of hydrogen-bond acceptors (Lipinski definition) is 2. The summed E-state index contributed by atoms with van der Waals surface area (Å²) in [5.41, 5.74) is 5.71. The van der Waals surface area contributed by atoms with Crippen LogP contribution in [-0.4, -0.2) is 35.7 Å². The van der Waals surface area contributed by atoms with Gasteiger partial charge in [-0.25, -0.2) is 4.79 Å². The molecule has 0 saturated carbocycles. The van der Waals surface area contributed by atoms with E-state index in [4.69, 9.17) is 10.8 Å². The van der Waals surface area contributed by atoms with Gasteiger partial charge in [-0.15, -0.1) is 0 Å². The summed E-state index contributed by atoms with van der Waals surface area (Å²) in [5.74, 6) is 0.516. The molecule has 72 valence electrons. The third kappa shape index (κ3) is 4.96. The van der Waals surface area contributed by atoms with Crippen molar-refractivity contribution in [2.24, 2.45) is 11.7 Å². The molecule has 1 amide bonds. The Kier molecular flexibility index (Phi) is 4.66. The molecule has 0 aromatic heterocycles. The molecule has 4 heteroatoms. The summed E-state index contributed by atoms with van der Waals surface area (Å²) in [5, 5.41) is 8.54. The van der Waals surface area contributed by atoms with Gasteiger partial charge in [-0.3, -0.25) is 0 Å². The Morgan fingerprint density at radius 3 is 2.42 bits per heavy atom. The molecule has 0 heterocycles. The van der Waals surface area contributed by atoms with Gasteiger partial charge in [0.25, 0.3) is 0 Å². The molecule has 0 aliphatic heterocycles. The van der Waals surface area contributed by atoms with Gasteiger partial charge in [-0.2, -0.15) is 0 Å². The quantitative estimate of drug-likeness (QED) is 0.667. The Bertz CT molecular complexity index is 148. The number of hydrogen-bond donors (Lipinski definition) is 2. The minimum absolute atomic E-state index is 0.0499. The average molecular weight is 174 g/mol. The topological polar surface area (TPSA) is 66.6 Å². The second kappa shape index (κ2) is 4.98. The molecule has 3 N–H and O–H groups in total. The van der Waals surface area contributed by atoms with E-state index in [0.29, 0.717) is 12.5 Å². The Labute approximate surface area is 73.3 Å². The second-order valence-electron chi connectivity index (χ2n) is 3.55. The van der Waals surface area contributed by atoms with Gasteiger partial charge in [0.15, 0.2) is 0 Å². The van der Waals surface area contributed by atoms with Crippen molar-refractivity contribution in [3.05, 3.63) is 0 Å². The highest BCUT2D eigenvalue weighted by Gasteiger charge is 2.11. The van der Waals surface area contributed by atoms with E-state index in [1.165, 1.54) is 11.9 Å². The molecule has 12 heavy (non-hydrogen) atoms. The van der Waals surface area contributed by atoms with Crippen LogP contribution in [0.2, 0.25) is 0 Å². The van der Waals surface area contributed by atoms with Crippen LogP contribution in [0.3, 0.4) is 0 Å². The molecule has 0 spiro atoms. The molecule has 0 saturated heterocycles. The Morgan fingerprint density at radius 1 is 1.58 bits per heavy atom. The minimum Gasteiger partial charge on any atom is -0.465 e. The molecule has 0 fully saturated rings. The Balaban J connectivity index is 3.68. The van der Waals surface area contributed by atoms with Crippen molar-refractivity contribution in [2.45, 2.75) is 26.3 Å². The van der Waals surface area contributed by atoms with Crippen LogP contribution in [0.5, 0.6) is 0 Å². The van der Waals surface area contributed by atoms with Gasteiger partial charge in [0.1, 0.15) is 0 Å². The van der Waals surface area contributed by atoms with Crippen LogP contribution in [-0.2, 0) is 0 Å². The maximum Gasteiger partial charge on any atom is 0.407 e. The van der Waals surface area contributed by atoms with Gasteiger partial charge in [0.2, 0.25) is 0 Å². The molecular formula is C8H18N2O2. The number of nitrogens with zero attached hydrogens (tertiary/aromatic N) is 1. The smallest absolute Gasteiger partial charge is 0.407 e. The first-order valence-corrected chi connectivity index (χ1v) is 4.13. The first-order valence-electron chi connectivity index (χ1n) is 4.13. The summed E-state index contributed by atoms with van der Waals surface area (Å²) < 4.78 is 0. The van der Waals surface area contributed by atoms with Gasteiger partial charge in [0, 0.05) is 19.6 Å². The van der Waals surface area contributed by atoms with Crippen LogP contribution in [0.4, 0.5) is 4.79 Å². The third-order valence-electron chi connectivity index (χ3n) is 1.61. The lowest BCUT2D eigenvalue weighted by molar-refractivity contribution is 0.152. The molecule has 0 aliphatic rings. The Hall–Kier alpha value is -0.770. The highest BCUT2D eigenvalue weighted by molar-refractivity contribution is 5.64. The van der Waals surface area contributed by atoms with Crippen LogP contribution < -0.4 is 5.73 Å². The fourth-order valence-electron chi connectivity index (χ4n) is 1.11. The van der Waals surface area contributed by atoms with E-state index in [0.717, 1.165) is 6.42 Å². The van der Waals surface area contributed by atoms with E-state index < -0.39 is 6.09 Å². The summed E-state index contributed by atoms with van der Waals surface area (Å²) in [6.07, 6.45) is -0.0633. The first-order chi connectivity index (χ1) is 5.43. The van der Waals surface area contributed by atoms with Crippen molar-refractivity contribution in [3.8, 4) is 0 Å². The number of carbonyl (C=O) groups is 1. The summed E-state index contributed by atoms with van der Waals surface area (Å²) in [7, 11) is 1.53. The van der Waals surface area contributed by atoms with E-state index in [2.05, 4.69) is 13.8 Å². The zero-order chi connectivity index (χ0) is 9.72. The SMILES string of the molecule is CC(C)C[C@@H](N)CN(C)C(=O)O. The highest BCUT2D eigenvalue weighted by atomic mass is 16.4. The van der Waals surface area contributed by atoms with E-state index in [1.54, 1.807) is 0 Å². The van der Waals surface area contributed by atoms with E-state index in [9.17, 15) is 4.79 Å². The zero-order valence-corrected chi connectivity index (χ0v) is 7.95. The molecule has 0 unspecified atom stereocenters. The van der Waals surface area contributed by atoms with Gasteiger partial charge in [-0.05, 0) is 12.3 Å². The fourth-order valence-corrected chi connectivity index (χ4v) is 1.11. The van der Waals surface area contributed by atoms with Gasteiger partial charge in [0.05, 0.1) is 0 Å². The fraction of sp³-hybridized carbons (Fsp3) is 0.875. The number of nitrogens with two attached hydrogens (primary N) is 1. The molecule has 4 nitrogen and oxygen atoms in total. The Morgan fingerprint density at radius 2 is 2.08 bits per heavy atom. The van der Waals surface area contributed by atoms with Crippen molar-refractivity contribution in [3.63, 3.8) is 0 Å². The van der Waals surface area contributed by atoms with Crippen LogP contribution >= 0.6 is 0 Å². The normalized spacial score (nSPS) is 13.1. The van der Waals surface area contributed by atoms with Crippen molar-refractivity contribution < 1.29 is 9.90 Å². The monoisotopic (exact) mass is 174 g/mol. The number of likely N-dealkylation sites (N-methyl/N-ethyl adjacent to an activating group) is 1. The molecule has 0 radical (unpaired) electrons. The van der Waals surface area contributed by atoms with E-state index in [1.807, 2.05) is 0 Å². The molecule has 0 aromatic rings. The summed E-state index contributed by atoms with van der Waals surface area (Å²) >= 11 is 0. The second-order valence-corrected chi connectivity index (χ2v) is 3.55. The van der Waals surface area contributed by atoms with Crippen molar-refractivity contribution >= 4 is 6.09 Å². The van der Waals surface area contributed by atoms with Gasteiger partial charge in [-0.1, -0.05) is 13.8 Å². The lowest BCUT2D eigenvalue weighted by Gasteiger charge is -2.19. The molecular weight excluding hydrogens is 156 g/mol. The summed E-state index contributed by atoms with van der Waals surface area (Å²) in [4.78, 5) is 11.6. The number of rotatable bonds is 4. The van der Waals surface area contributed by atoms with Gasteiger partial charge < -0.3 is 15.7 Å². The summed E-state index contributed by atoms with van der Waals surface area (Å²) in [6.45, 7) is 4.55.